The van der Waals surface area contributed by atoms with Crippen molar-refractivity contribution in [1.82, 2.24) is 15.3 Å². The fourth-order valence-electron chi connectivity index (χ4n) is 2.63. The molecular formula is C21H21ClN4O. The number of aromatic nitrogens is 2. The van der Waals surface area contributed by atoms with Crippen molar-refractivity contribution in [2.24, 2.45) is 0 Å². The summed E-state index contributed by atoms with van der Waals surface area (Å²) in [7, 11) is 2.01. The highest BCUT2D eigenvalue weighted by Gasteiger charge is 2.10. The van der Waals surface area contributed by atoms with Crippen LogP contribution in [0.3, 0.4) is 0 Å². The molecule has 0 aliphatic rings. The van der Waals surface area contributed by atoms with Gasteiger partial charge in [0.05, 0.1) is 0 Å². The van der Waals surface area contributed by atoms with E-state index in [1.54, 1.807) is 30.7 Å². The molecule has 3 rings (SSSR count). The maximum Gasteiger partial charge on any atom is 0.270 e. The van der Waals surface area contributed by atoms with Crippen molar-refractivity contribution < 1.29 is 4.79 Å². The van der Waals surface area contributed by atoms with Crippen LogP contribution >= 0.6 is 11.6 Å². The van der Waals surface area contributed by atoms with Crippen molar-refractivity contribution in [3.05, 3.63) is 89.0 Å². The maximum atomic E-state index is 12.4. The lowest BCUT2D eigenvalue weighted by Gasteiger charge is -2.19. The molecule has 0 aliphatic carbocycles. The molecule has 0 aliphatic heterocycles. The van der Waals surface area contributed by atoms with Crippen LogP contribution in [0.4, 0.5) is 5.69 Å². The highest BCUT2D eigenvalue weighted by molar-refractivity contribution is 6.30. The van der Waals surface area contributed by atoms with E-state index in [4.69, 9.17) is 11.6 Å². The van der Waals surface area contributed by atoms with Crippen molar-refractivity contribution >= 4 is 23.2 Å². The number of benzene rings is 1. The summed E-state index contributed by atoms with van der Waals surface area (Å²) in [5.74, 6) is -0.200. The summed E-state index contributed by atoms with van der Waals surface area (Å²) in [5.41, 5.74) is 3.57. The number of carbonyl (C=O) groups is 1. The Morgan fingerprint density at radius 2 is 1.78 bits per heavy atom. The first kappa shape index (κ1) is 18.9. The van der Waals surface area contributed by atoms with Crippen LogP contribution in [0, 0.1) is 0 Å². The molecule has 138 valence electrons. The van der Waals surface area contributed by atoms with Gasteiger partial charge in [0.1, 0.15) is 5.69 Å². The van der Waals surface area contributed by atoms with E-state index in [-0.39, 0.29) is 5.91 Å². The molecule has 2 heterocycles. The van der Waals surface area contributed by atoms with E-state index in [1.807, 2.05) is 43.4 Å². The van der Waals surface area contributed by atoms with E-state index in [2.05, 4.69) is 20.2 Å². The largest absolute Gasteiger partial charge is 0.374 e. The van der Waals surface area contributed by atoms with Crippen molar-refractivity contribution in [3.63, 3.8) is 0 Å². The number of carbonyl (C=O) groups excluding carboxylic acids is 1. The second-order valence-corrected chi connectivity index (χ2v) is 6.67. The van der Waals surface area contributed by atoms with Gasteiger partial charge in [-0.25, -0.2) is 0 Å². The first-order chi connectivity index (χ1) is 13.1. The number of hydrogen-bond acceptors (Lipinski definition) is 4. The predicted molar refractivity (Wildman–Crippen MR) is 108 cm³/mol. The first-order valence-electron chi connectivity index (χ1n) is 8.70. The molecule has 0 saturated heterocycles. The van der Waals surface area contributed by atoms with Crippen LogP contribution in [0.2, 0.25) is 5.02 Å². The zero-order valence-corrected chi connectivity index (χ0v) is 15.9. The van der Waals surface area contributed by atoms with Crippen LogP contribution in [0.15, 0.2) is 67.1 Å². The Morgan fingerprint density at radius 3 is 2.52 bits per heavy atom. The van der Waals surface area contributed by atoms with Crippen molar-refractivity contribution in [2.45, 2.75) is 13.0 Å². The van der Waals surface area contributed by atoms with Gasteiger partial charge in [-0.15, -0.1) is 0 Å². The van der Waals surface area contributed by atoms with Crippen LogP contribution in [0.25, 0.3) is 0 Å². The topological polar surface area (TPSA) is 58.1 Å². The Balaban J connectivity index is 1.58. The fourth-order valence-corrected chi connectivity index (χ4v) is 2.76. The van der Waals surface area contributed by atoms with E-state index in [0.717, 1.165) is 24.2 Å². The smallest absolute Gasteiger partial charge is 0.270 e. The number of nitrogens with one attached hydrogen (secondary N) is 1. The lowest BCUT2D eigenvalue weighted by molar-refractivity contribution is 0.0946. The molecule has 0 atom stereocenters. The minimum Gasteiger partial charge on any atom is -0.374 e. The molecule has 27 heavy (non-hydrogen) atoms. The molecule has 3 aromatic rings. The van der Waals surface area contributed by atoms with Gasteiger partial charge < -0.3 is 10.2 Å². The molecule has 0 saturated carbocycles. The molecule has 0 fully saturated rings. The van der Waals surface area contributed by atoms with Gasteiger partial charge in [0, 0.05) is 49.4 Å². The number of amides is 1. The zero-order valence-electron chi connectivity index (χ0n) is 15.1. The van der Waals surface area contributed by atoms with Crippen LogP contribution in [0.1, 0.15) is 21.6 Å². The third kappa shape index (κ3) is 5.53. The number of anilines is 1. The number of hydrogen-bond donors (Lipinski definition) is 1. The van der Waals surface area contributed by atoms with Crippen molar-refractivity contribution in [2.75, 3.05) is 18.5 Å². The molecule has 1 N–H and O–H groups in total. The van der Waals surface area contributed by atoms with E-state index >= 15 is 0 Å². The minimum atomic E-state index is -0.200. The van der Waals surface area contributed by atoms with Gasteiger partial charge in [-0.1, -0.05) is 23.7 Å². The zero-order chi connectivity index (χ0) is 19.1. The standard InChI is InChI=1S/C21H21ClN4O/c1-26(13-9-16-6-10-23-11-7-16)19-8-12-24-20(14-19)21(27)25-15-17-2-4-18(22)5-3-17/h2-8,10-12,14H,9,13,15H2,1H3,(H,25,27). The Morgan fingerprint density at radius 1 is 1.04 bits per heavy atom. The van der Waals surface area contributed by atoms with Crippen LogP contribution in [0.5, 0.6) is 0 Å². The number of likely N-dealkylation sites (N-methyl/N-ethyl adjacent to an activating group) is 1. The third-order valence-corrected chi connectivity index (χ3v) is 4.52. The average molecular weight is 381 g/mol. The van der Waals surface area contributed by atoms with Gasteiger partial charge in [0.25, 0.3) is 5.91 Å². The number of nitrogens with zero attached hydrogens (tertiary/aromatic N) is 3. The van der Waals surface area contributed by atoms with Crippen molar-refractivity contribution in [3.8, 4) is 0 Å². The van der Waals surface area contributed by atoms with Gasteiger partial charge in [0.2, 0.25) is 0 Å². The Kier molecular flexibility index (Phi) is 6.39. The van der Waals surface area contributed by atoms with Crippen LogP contribution < -0.4 is 10.2 Å². The molecule has 0 radical (unpaired) electrons. The second kappa shape index (κ2) is 9.14. The molecular weight excluding hydrogens is 360 g/mol. The highest BCUT2D eigenvalue weighted by atomic mass is 35.5. The molecule has 5 nitrogen and oxygen atoms in total. The lowest BCUT2D eigenvalue weighted by atomic mass is 10.2. The minimum absolute atomic E-state index is 0.200. The summed E-state index contributed by atoms with van der Waals surface area (Å²) in [6.07, 6.45) is 6.16. The van der Waals surface area contributed by atoms with Gasteiger partial charge in [-0.3, -0.25) is 14.8 Å². The molecule has 6 heteroatoms. The summed E-state index contributed by atoms with van der Waals surface area (Å²) >= 11 is 5.88. The summed E-state index contributed by atoms with van der Waals surface area (Å²) in [5, 5.41) is 3.56. The van der Waals surface area contributed by atoms with Crippen molar-refractivity contribution in [1.29, 1.82) is 0 Å². The Labute approximate surface area is 164 Å². The molecule has 2 aromatic heterocycles. The van der Waals surface area contributed by atoms with E-state index in [9.17, 15) is 4.79 Å². The van der Waals surface area contributed by atoms with Gasteiger partial charge in [-0.2, -0.15) is 0 Å². The predicted octanol–water partition coefficient (Wildman–Crippen LogP) is 3.74. The highest BCUT2D eigenvalue weighted by Crippen LogP contribution is 2.14. The van der Waals surface area contributed by atoms with Gasteiger partial charge in [0.15, 0.2) is 0 Å². The SMILES string of the molecule is CN(CCc1ccncc1)c1ccnc(C(=O)NCc2ccc(Cl)cc2)c1. The van der Waals surface area contributed by atoms with E-state index in [0.29, 0.717) is 17.3 Å². The number of halogens is 1. The summed E-state index contributed by atoms with van der Waals surface area (Å²) in [6, 6.07) is 15.1. The number of rotatable bonds is 7. The first-order valence-corrected chi connectivity index (χ1v) is 9.08. The molecule has 1 amide bonds. The fraction of sp³-hybridized carbons (Fsp3) is 0.190. The second-order valence-electron chi connectivity index (χ2n) is 6.24. The van der Waals surface area contributed by atoms with Crippen LogP contribution in [-0.4, -0.2) is 29.5 Å². The van der Waals surface area contributed by atoms with Crippen LogP contribution in [-0.2, 0) is 13.0 Å². The number of pyridine rings is 2. The summed E-state index contributed by atoms with van der Waals surface area (Å²) in [4.78, 5) is 22.8. The average Bonchev–Trinajstić information content (AvgIpc) is 2.72. The summed E-state index contributed by atoms with van der Waals surface area (Å²) < 4.78 is 0. The molecule has 0 spiro atoms. The quantitative estimate of drug-likeness (QED) is 0.678. The van der Waals surface area contributed by atoms with Gasteiger partial charge in [-0.05, 0) is 53.9 Å². The summed E-state index contributed by atoms with van der Waals surface area (Å²) in [6.45, 7) is 1.26. The monoisotopic (exact) mass is 380 g/mol. The Bertz CT molecular complexity index is 884. The lowest BCUT2D eigenvalue weighted by Crippen LogP contribution is -2.25. The van der Waals surface area contributed by atoms with E-state index in [1.165, 1.54) is 5.56 Å². The molecule has 1 aromatic carbocycles. The normalized spacial score (nSPS) is 10.4. The van der Waals surface area contributed by atoms with E-state index < -0.39 is 0 Å². The Hall–Kier alpha value is -2.92. The molecule has 0 bridgehead atoms. The van der Waals surface area contributed by atoms with Gasteiger partial charge >= 0.3 is 0 Å². The molecule has 0 unspecified atom stereocenters. The third-order valence-electron chi connectivity index (χ3n) is 4.27. The maximum absolute atomic E-state index is 12.4.